The van der Waals surface area contributed by atoms with Crippen LogP contribution in [0.15, 0.2) is 18.2 Å². The van der Waals surface area contributed by atoms with E-state index in [1.807, 2.05) is 0 Å². The lowest BCUT2D eigenvalue weighted by atomic mass is 10.1. The van der Waals surface area contributed by atoms with Crippen LogP contribution in [-0.4, -0.2) is 25.8 Å². The van der Waals surface area contributed by atoms with Crippen LogP contribution in [0.25, 0.3) is 0 Å². The Morgan fingerprint density at radius 1 is 1.33 bits per heavy atom. The van der Waals surface area contributed by atoms with Crippen molar-refractivity contribution in [3.05, 3.63) is 28.2 Å². The fourth-order valence-corrected chi connectivity index (χ4v) is 3.93. The van der Waals surface area contributed by atoms with Crippen LogP contribution in [-0.2, 0) is 14.6 Å². The normalized spacial score (nSPS) is 21.8. The van der Waals surface area contributed by atoms with E-state index in [0.717, 1.165) is 0 Å². The number of carbonyl (C=O) groups is 1. The molecule has 18 heavy (non-hydrogen) atoms. The second-order valence-corrected chi connectivity index (χ2v) is 7.20. The molecule has 1 N–H and O–H groups in total. The van der Waals surface area contributed by atoms with Crippen molar-refractivity contribution in [1.82, 2.24) is 0 Å². The predicted molar refractivity (Wildman–Crippen MR) is 71.9 cm³/mol. The smallest absolute Gasteiger partial charge is 0.228 e. The van der Waals surface area contributed by atoms with E-state index < -0.39 is 15.8 Å². The van der Waals surface area contributed by atoms with E-state index in [0.29, 0.717) is 17.1 Å². The summed E-state index contributed by atoms with van der Waals surface area (Å²) >= 11 is 11.8. The van der Waals surface area contributed by atoms with Gasteiger partial charge in [0.1, 0.15) is 0 Å². The molecule has 0 unspecified atom stereocenters. The van der Waals surface area contributed by atoms with Crippen molar-refractivity contribution in [2.45, 2.75) is 6.42 Å². The second kappa shape index (κ2) is 5.07. The number of amides is 1. The third-order valence-corrected chi connectivity index (χ3v) is 5.40. The molecule has 1 aliphatic rings. The molecule has 1 aromatic carbocycles. The van der Waals surface area contributed by atoms with Crippen LogP contribution >= 0.6 is 23.2 Å². The van der Waals surface area contributed by atoms with Gasteiger partial charge < -0.3 is 5.32 Å². The van der Waals surface area contributed by atoms with Crippen LogP contribution in [0.2, 0.25) is 10.0 Å². The highest BCUT2D eigenvalue weighted by molar-refractivity contribution is 7.91. The Balaban J connectivity index is 2.11. The number of anilines is 1. The number of sulfone groups is 1. The van der Waals surface area contributed by atoms with Gasteiger partial charge in [0, 0.05) is 0 Å². The standard InChI is InChI=1S/C11H11Cl2NO3S/c12-8-2-1-3-9(10(8)13)14-11(15)7-4-5-18(16,17)6-7/h1-3,7H,4-6H2,(H,14,15)/t7-/m0/s1. The molecule has 1 saturated heterocycles. The molecule has 1 fully saturated rings. The molecule has 0 saturated carbocycles. The van der Waals surface area contributed by atoms with Crippen molar-refractivity contribution in [3.63, 3.8) is 0 Å². The van der Waals surface area contributed by atoms with Gasteiger partial charge in [0.25, 0.3) is 0 Å². The number of hydrogen-bond acceptors (Lipinski definition) is 3. The summed E-state index contributed by atoms with van der Waals surface area (Å²) in [5.74, 6) is -0.879. The predicted octanol–water partition coefficient (Wildman–Crippen LogP) is 2.37. The van der Waals surface area contributed by atoms with E-state index >= 15 is 0 Å². The minimum atomic E-state index is -3.07. The van der Waals surface area contributed by atoms with Crippen LogP contribution in [0.4, 0.5) is 5.69 Å². The molecule has 1 aliphatic heterocycles. The quantitative estimate of drug-likeness (QED) is 0.912. The summed E-state index contributed by atoms with van der Waals surface area (Å²) in [7, 11) is -3.07. The molecule has 98 valence electrons. The molecular weight excluding hydrogens is 297 g/mol. The average molecular weight is 308 g/mol. The van der Waals surface area contributed by atoms with E-state index in [9.17, 15) is 13.2 Å². The summed E-state index contributed by atoms with van der Waals surface area (Å²) < 4.78 is 22.6. The highest BCUT2D eigenvalue weighted by Crippen LogP contribution is 2.30. The highest BCUT2D eigenvalue weighted by Gasteiger charge is 2.33. The van der Waals surface area contributed by atoms with Crippen molar-refractivity contribution in [3.8, 4) is 0 Å². The van der Waals surface area contributed by atoms with Crippen molar-refractivity contribution < 1.29 is 13.2 Å². The van der Waals surface area contributed by atoms with Crippen LogP contribution in [0.3, 0.4) is 0 Å². The molecule has 1 aromatic rings. The first-order chi connectivity index (χ1) is 8.39. The first kappa shape index (κ1) is 13.6. The Labute approximate surface area is 115 Å². The van der Waals surface area contributed by atoms with Crippen LogP contribution < -0.4 is 5.32 Å². The summed E-state index contributed by atoms with van der Waals surface area (Å²) in [4.78, 5) is 11.9. The van der Waals surface area contributed by atoms with Crippen molar-refractivity contribution in [2.75, 3.05) is 16.8 Å². The van der Waals surface area contributed by atoms with Crippen LogP contribution in [0, 0.1) is 5.92 Å². The van der Waals surface area contributed by atoms with Gasteiger partial charge in [-0.1, -0.05) is 29.3 Å². The van der Waals surface area contributed by atoms with E-state index in [1.165, 1.54) is 0 Å². The van der Waals surface area contributed by atoms with Gasteiger partial charge in [0.2, 0.25) is 5.91 Å². The number of benzene rings is 1. The topological polar surface area (TPSA) is 63.2 Å². The molecule has 1 heterocycles. The zero-order valence-corrected chi connectivity index (χ0v) is 11.6. The lowest BCUT2D eigenvalue weighted by molar-refractivity contribution is -0.119. The van der Waals surface area contributed by atoms with Gasteiger partial charge in [-0.3, -0.25) is 4.79 Å². The van der Waals surface area contributed by atoms with Gasteiger partial charge in [-0.25, -0.2) is 8.42 Å². The first-order valence-corrected chi connectivity index (χ1v) is 7.92. The zero-order chi connectivity index (χ0) is 13.3. The van der Waals surface area contributed by atoms with Crippen molar-refractivity contribution in [1.29, 1.82) is 0 Å². The van der Waals surface area contributed by atoms with Crippen LogP contribution in [0.1, 0.15) is 6.42 Å². The van der Waals surface area contributed by atoms with Crippen LogP contribution in [0.5, 0.6) is 0 Å². The van der Waals surface area contributed by atoms with Crippen molar-refractivity contribution in [2.24, 2.45) is 5.92 Å². The van der Waals surface area contributed by atoms with Gasteiger partial charge in [-0.05, 0) is 18.6 Å². The summed E-state index contributed by atoms with van der Waals surface area (Å²) in [6, 6.07) is 4.89. The largest absolute Gasteiger partial charge is 0.324 e. The van der Waals surface area contributed by atoms with E-state index in [-0.39, 0.29) is 22.4 Å². The molecule has 0 bridgehead atoms. The molecule has 4 nitrogen and oxygen atoms in total. The molecule has 1 amide bonds. The second-order valence-electron chi connectivity index (χ2n) is 4.19. The fourth-order valence-electron chi connectivity index (χ4n) is 1.84. The van der Waals surface area contributed by atoms with E-state index in [4.69, 9.17) is 23.2 Å². The summed E-state index contributed by atoms with van der Waals surface area (Å²) in [6.45, 7) is 0. The maximum absolute atomic E-state index is 11.9. The maximum Gasteiger partial charge on any atom is 0.228 e. The van der Waals surface area contributed by atoms with Crippen molar-refractivity contribution >= 4 is 44.6 Å². The first-order valence-electron chi connectivity index (χ1n) is 5.34. The lowest BCUT2D eigenvalue weighted by Gasteiger charge is -2.11. The summed E-state index contributed by atoms with van der Waals surface area (Å²) in [6.07, 6.45) is 0.354. The number of carbonyl (C=O) groups excluding carboxylic acids is 1. The third kappa shape index (κ3) is 2.96. The minimum Gasteiger partial charge on any atom is -0.324 e. The summed E-state index contributed by atoms with van der Waals surface area (Å²) in [5.41, 5.74) is 0.401. The Kier molecular flexibility index (Phi) is 3.84. The average Bonchev–Trinajstić information content (AvgIpc) is 2.65. The number of hydrogen-bond donors (Lipinski definition) is 1. The molecular formula is C11H11Cl2NO3S. The molecule has 0 radical (unpaired) electrons. The monoisotopic (exact) mass is 307 g/mol. The van der Waals surface area contributed by atoms with Gasteiger partial charge in [0.15, 0.2) is 9.84 Å². The fraction of sp³-hybridized carbons (Fsp3) is 0.364. The molecule has 2 rings (SSSR count). The lowest BCUT2D eigenvalue weighted by Crippen LogP contribution is -2.23. The van der Waals surface area contributed by atoms with Gasteiger partial charge in [-0.2, -0.15) is 0 Å². The minimum absolute atomic E-state index is 0.0639. The maximum atomic E-state index is 11.9. The van der Waals surface area contributed by atoms with Gasteiger partial charge in [-0.15, -0.1) is 0 Å². The van der Waals surface area contributed by atoms with E-state index in [1.54, 1.807) is 18.2 Å². The Morgan fingerprint density at radius 3 is 2.67 bits per heavy atom. The SMILES string of the molecule is O=C(Nc1cccc(Cl)c1Cl)[C@H]1CCS(=O)(=O)C1. The Hall–Kier alpha value is -0.780. The third-order valence-electron chi connectivity index (χ3n) is 2.81. The van der Waals surface area contributed by atoms with Gasteiger partial charge in [0.05, 0.1) is 33.2 Å². The number of nitrogens with one attached hydrogen (secondary N) is 1. The molecule has 0 aromatic heterocycles. The van der Waals surface area contributed by atoms with Gasteiger partial charge >= 0.3 is 0 Å². The molecule has 0 aliphatic carbocycles. The Morgan fingerprint density at radius 2 is 2.06 bits per heavy atom. The Bertz CT molecular complexity index is 586. The molecule has 0 spiro atoms. The zero-order valence-electron chi connectivity index (χ0n) is 9.32. The highest BCUT2D eigenvalue weighted by atomic mass is 35.5. The molecule has 7 heteroatoms. The summed E-state index contributed by atoms with van der Waals surface area (Å²) in [5, 5.41) is 3.21. The molecule has 1 atom stereocenters. The number of halogens is 2. The number of rotatable bonds is 2. The van der Waals surface area contributed by atoms with E-state index in [2.05, 4.69) is 5.32 Å².